The normalized spacial score (nSPS) is 18.7. The Morgan fingerprint density at radius 1 is 1.30 bits per heavy atom. The fourth-order valence-corrected chi connectivity index (χ4v) is 2.82. The van der Waals surface area contributed by atoms with Crippen molar-refractivity contribution in [3.05, 3.63) is 35.9 Å². The number of nitrogens with one attached hydrogen (secondary N) is 1. The Hall–Kier alpha value is -1.39. The molecule has 3 N–H and O–H groups in total. The number of likely N-dealkylation sites (tertiary alicyclic amines) is 1. The van der Waals surface area contributed by atoms with Gasteiger partial charge in [0.25, 0.3) is 0 Å². The first-order chi connectivity index (χ1) is 9.70. The Balaban J connectivity index is 1.88. The number of amides is 1. The molecule has 2 rings (SSSR count). The zero-order chi connectivity index (χ0) is 14.4. The summed E-state index contributed by atoms with van der Waals surface area (Å²) >= 11 is 0. The first-order valence-electron chi connectivity index (χ1n) is 7.48. The van der Waals surface area contributed by atoms with E-state index in [9.17, 15) is 4.79 Å². The Bertz CT molecular complexity index is 415. The molecule has 1 fully saturated rings. The maximum absolute atomic E-state index is 12.3. The average molecular weight is 275 g/mol. The summed E-state index contributed by atoms with van der Waals surface area (Å²) in [5.74, 6) is -0.220. The molecule has 4 heteroatoms. The van der Waals surface area contributed by atoms with Crippen molar-refractivity contribution in [2.75, 3.05) is 26.2 Å². The number of hydrogen-bond acceptors (Lipinski definition) is 3. The molecule has 1 aromatic rings. The lowest BCUT2D eigenvalue weighted by Crippen LogP contribution is -2.44. The lowest BCUT2D eigenvalue weighted by Gasteiger charge is -2.23. The number of rotatable bonds is 6. The zero-order valence-electron chi connectivity index (χ0n) is 12.2. The SMILES string of the molecule is CC(CN1CCCC1)NC(=O)C(CN)c1ccccc1. The lowest BCUT2D eigenvalue weighted by molar-refractivity contribution is -0.123. The summed E-state index contributed by atoms with van der Waals surface area (Å²) < 4.78 is 0. The number of nitrogens with two attached hydrogens (primary N) is 1. The van der Waals surface area contributed by atoms with Crippen LogP contribution in [0.1, 0.15) is 31.2 Å². The van der Waals surface area contributed by atoms with Crippen LogP contribution in [0.5, 0.6) is 0 Å². The standard InChI is InChI=1S/C16H25N3O/c1-13(12-19-9-5-6-10-19)18-16(20)15(11-17)14-7-3-2-4-8-14/h2-4,7-8,13,15H,5-6,9-12,17H2,1H3,(H,18,20). The molecule has 1 saturated heterocycles. The van der Waals surface area contributed by atoms with Gasteiger partial charge in [-0.1, -0.05) is 30.3 Å². The molecule has 0 spiro atoms. The Kier molecular flexibility index (Phi) is 5.56. The Labute approximate surface area is 121 Å². The van der Waals surface area contributed by atoms with Crippen molar-refractivity contribution in [2.24, 2.45) is 5.73 Å². The van der Waals surface area contributed by atoms with Gasteiger partial charge in [-0.05, 0) is 38.4 Å². The first kappa shape index (κ1) is 15.0. The predicted molar refractivity (Wildman–Crippen MR) is 81.5 cm³/mol. The fourth-order valence-electron chi connectivity index (χ4n) is 2.82. The second-order valence-electron chi connectivity index (χ2n) is 5.62. The topological polar surface area (TPSA) is 58.4 Å². The van der Waals surface area contributed by atoms with Gasteiger partial charge in [0.15, 0.2) is 0 Å². The van der Waals surface area contributed by atoms with Crippen LogP contribution in [0.25, 0.3) is 0 Å². The molecule has 0 aromatic heterocycles. The number of benzene rings is 1. The molecule has 0 bridgehead atoms. The van der Waals surface area contributed by atoms with Crippen molar-refractivity contribution >= 4 is 5.91 Å². The van der Waals surface area contributed by atoms with Gasteiger partial charge in [-0.3, -0.25) is 4.79 Å². The van der Waals surface area contributed by atoms with Crippen molar-refractivity contribution in [1.29, 1.82) is 0 Å². The van der Waals surface area contributed by atoms with Gasteiger partial charge in [-0.25, -0.2) is 0 Å². The van der Waals surface area contributed by atoms with E-state index in [0.717, 1.165) is 25.2 Å². The summed E-state index contributed by atoms with van der Waals surface area (Å²) in [4.78, 5) is 14.8. The van der Waals surface area contributed by atoms with Gasteiger partial charge in [0.1, 0.15) is 0 Å². The zero-order valence-corrected chi connectivity index (χ0v) is 12.2. The van der Waals surface area contributed by atoms with E-state index in [1.807, 2.05) is 30.3 Å². The minimum Gasteiger partial charge on any atom is -0.352 e. The van der Waals surface area contributed by atoms with Crippen molar-refractivity contribution in [3.63, 3.8) is 0 Å². The monoisotopic (exact) mass is 275 g/mol. The van der Waals surface area contributed by atoms with Crippen molar-refractivity contribution in [3.8, 4) is 0 Å². The molecule has 1 amide bonds. The van der Waals surface area contributed by atoms with Gasteiger partial charge in [-0.15, -0.1) is 0 Å². The lowest BCUT2D eigenvalue weighted by atomic mass is 9.98. The minimum absolute atomic E-state index is 0.0328. The van der Waals surface area contributed by atoms with Gasteiger partial charge in [0, 0.05) is 19.1 Å². The molecule has 1 aromatic carbocycles. The third-order valence-corrected chi connectivity index (χ3v) is 3.87. The van der Waals surface area contributed by atoms with E-state index in [-0.39, 0.29) is 17.9 Å². The van der Waals surface area contributed by atoms with E-state index in [4.69, 9.17) is 5.73 Å². The molecule has 1 aliphatic rings. The smallest absolute Gasteiger partial charge is 0.229 e. The molecule has 0 radical (unpaired) electrons. The van der Waals surface area contributed by atoms with Crippen LogP contribution in [-0.2, 0) is 4.79 Å². The number of carbonyl (C=O) groups is 1. The molecule has 0 saturated carbocycles. The van der Waals surface area contributed by atoms with Gasteiger partial charge >= 0.3 is 0 Å². The largest absolute Gasteiger partial charge is 0.352 e. The van der Waals surface area contributed by atoms with E-state index >= 15 is 0 Å². The average Bonchev–Trinajstić information content (AvgIpc) is 2.93. The predicted octanol–water partition coefficient (Wildman–Crippen LogP) is 1.33. The summed E-state index contributed by atoms with van der Waals surface area (Å²) in [6, 6.07) is 9.92. The number of nitrogens with zero attached hydrogens (tertiary/aromatic N) is 1. The van der Waals surface area contributed by atoms with Crippen LogP contribution in [0.2, 0.25) is 0 Å². The molecule has 110 valence electrons. The molecular weight excluding hydrogens is 250 g/mol. The molecule has 20 heavy (non-hydrogen) atoms. The first-order valence-corrected chi connectivity index (χ1v) is 7.48. The molecular formula is C16H25N3O. The summed E-state index contributed by atoms with van der Waals surface area (Å²) in [6.07, 6.45) is 2.55. The van der Waals surface area contributed by atoms with Gasteiger partial charge in [0.05, 0.1) is 5.92 Å². The van der Waals surface area contributed by atoms with Crippen molar-refractivity contribution in [1.82, 2.24) is 10.2 Å². The van der Waals surface area contributed by atoms with Crippen molar-refractivity contribution < 1.29 is 4.79 Å². The highest BCUT2D eigenvalue weighted by molar-refractivity contribution is 5.84. The van der Waals surface area contributed by atoms with E-state index in [0.29, 0.717) is 6.54 Å². The van der Waals surface area contributed by atoms with Crippen LogP contribution in [0, 0.1) is 0 Å². The van der Waals surface area contributed by atoms with E-state index < -0.39 is 0 Å². The van der Waals surface area contributed by atoms with Crippen LogP contribution in [-0.4, -0.2) is 43.0 Å². The second-order valence-corrected chi connectivity index (χ2v) is 5.62. The number of hydrogen-bond donors (Lipinski definition) is 2. The van der Waals surface area contributed by atoms with Gasteiger partial charge in [-0.2, -0.15) is 0 Å². The summed E-state index contributed by atoms with van der Waals surface area (Å²) in [6.45, 7) is 5.64. The maximum Gasteiger partial charge on any atom is 0.229 e. The summed E-state index contributed by atoms with van der Waals surface area (Å²) in [5.41, 5.74) is 6.76. The highest BCUT2D eigenvalue weighted by Gasteiger charge is 2.21. The van der Waals surface area contributed by atoms with Crippen molar-refractivity contribution in [2.45, 2.75) is 31.7 Å². The third-order valence-electron chi connectivity index (χ3n) is 3.87. The Morgan fingerprint density at radius 2 is 1.95 bits per heavy atom. The molecule has 0 aliphatic carbocycles. The third kappa shape index (κ3) is 4.05. The van der Waals surface area contributed by atoms with Crippen LogP contribution in [0.15, 0.2) is 30.3 Å². The maximum atomic E-state index is 12.3. The molecule has 2 unspecified atom stereocenters. The highest BCUT2D eigenvalue weighted by atomic mass is 16.2. The van der Waals surface area contributed by atoms with E-state index in [2.05, 4.69) is 17.1 Å². The van der Waals surface area contributed by atoms with Crippen LogP contribution >= 0.6 is 0 Å². The summed E-state index contributed by atoms with van der Waals surface area (Å²) in [5, 5.41) is 3.10. The molecule has 2 atom stereocenters. The molecule has 1 heterocycles. The number of carbonyl (C=O) groups excluding carboxylic acids is 1. The summed E-state index contributed by atoms with van der Waals surface area (Å²) in [7, 11) is 0. The van der Waals surface area contributed by atoms with E-state index in [1.165, 1.54) is 12.8 Å². The van der Waals surface area contributed by atoms with Gasteiger partial charge < -0.3 is 16.0 Å². The minimum atomic E-state index is -0.253. The quantitative estimate of drug-likeness (QED) is 0.823. The highest BCUT2D eigenvalue weighted by Crippen LogP contribution is 2.15. The van der Waals surface area contributed by atoms with Crippen LogP contribution < -0.4 is 11.1 Å². The second kappa shape index (κ2) is 7.41. The fraction of sp³-hybridized carbons (Fsp3) is 0.562. The van der Waals surface area contributed by atoms with Crippen LogP contribution in [0.4, 0.5) is 0 Å². The Morgan fingerprint density at radius 3 is 2.55 bits per heavy atom. The van der Waals surface area contributed by atoms with Gasteiger partial charge in [0.2, 0.25) is 5.91 Å². The van der Waals surface area contributed by atoms with Crippen LogP contribution in [0.3, 0.4) is 0 Å². The molecule has 1 aliphatic heterocycles. The van der Waals surface area contributed by atoms with E-state index in [1.54, 1.807) is 0 Å². The molecule has 4 nitrogen and oxygen atoms in total.